The van der Waals surface area contributed by atoms with Crippen molar-refractivity contribution in [1.29, 1.82) is 0 Å². The van der Waals surface area contributed by atoms with Gasteiger partial charge in [0.15, 0.2) is 17.3 Å². The highest BCUT2D eigenvalue weighted by Crippen LogP contribution is 2.53. The average molecular weight is 537 g/mol. The monoisotopic (exact) mass is 536 g/mol. The third-order valence-electron chi connectivity index (χ3n) is 5.57. The number of aromatic hydroxyl groups is 1. The van der Waals surface area contributed by atoms with Crippen molar-refractivity contribution in [3.63, 3.8) is 0 Å². The molecule has 1 aromatic heterocycles. The van der Waals surface area contributed by atoms with Crippen LogP contribution in [0.15, 0.2) is 44.4 Å². The maximum Gasteiger partial charge on any atom is 0.306 e. The molecule has 1 N–H and O–H groups in total. The maximum absolute atomic E-state index is 14.1. The van der Waals surface area contributed by atoms with Crippen molar-refractivity contribution in [2.75, 3.05) is 28.1 Å². The minimum absolute atomic E-state index is 0.0301. The Morgan fingerprint density at radius 1 is 1.11 bits per heavy atom. The summed E-state index contributed by atoms with van der Waals surface area (Å²) in [7, 11) is 3.98. The number of esters is 1. The second-order valence-corrected chi connectivity index (χ2v) is 8.77. The maximum atomic E-state index is 14.1. The molecule has 1 atom stereocenters. The molecule has 0 saturated carbocycles. The molecule has 196 valence electrons. The van der Waals surface area contributed by atoms with Gasteiger partial charge >= 0.3 is 5.97 Å². The van der Waals surface area contributed by atoms with Gasteiger partial charge in [-0.1, -0.05) is 0 Å². The quantitative estimate of drug-likeness (QED) is 0.313. The van der Waals surface area contributed by atoms with E-state index in [0.717, 1.165) is 30.0 Å². The minimum atomic E-state index is -1.08. The van der Waals surface area contributed by atoms with Crippen LogP contribution in [0.1, 0.15) is 29.4 Å². The number of carbonyl (C=O) groups excluding carboxylic acids is 1. The van der Waals surface area contributed by atoms with Crippen molar-refractivity contribution in [1.82, 2.24) is 0 Å². The van der Waals surface area contributed by atoms with Crippen molar-refractivity contribution in [2.45, 2.75) is 23.0 Å². The molecule has 0 bridgehead atoms. The van der Waals surface area contributed by atoms with E-state index in [4.69, 9.17) is 28.1 Å². The summed E-state index contributed by atoms with van der Waals surface area (Å²) < 4.78 is 60.0. The molecule has 4 rings (SSSR count). The van der Waals surface area contributed by atoms with E-state index < -0.39 is 34.7 Å². The van der Waals surface area contributed by atoms with Crippen LogP contribution >= 0.6 is 11.8 Å². The molecular formula is C25H22F2O9S. The number of thioether (sulfide) groups is 1. The van der Waals surface area contributed by atoms with Gasteiger partial charge in [0, 0.05) is 22.6 Å². The Morgan fingerprint density at radius 3 is 2.54 bits per heavy atom. The number of benzene rings is 2. The van der Waals surface area contributed by atoms with Gasteiger partial charge in [0.25, 0.3) is 0 Å². The molecule has 12 heteroatoms. The lowest BCUT2D eigenvalue weighted by Crippen LogP contribution is -2.15. The van der Waals surface area contributed by atoms with Gasteiger partial charge in [-0.05, 0) is 18.2 Å². The largest absolute Gasteiger partial charge is 0.502 e. The fourth-order valence-electron chi connectivity index (χ4n) is 3.85. The Hall–Kier alpha value is -3.93. The van der Waals surface area contributed by atoms with Crippen LogP contribution in [0.2, 0.25) is 0 Å². The lowest BCUT2D eigenvalue weighted by molar-refractivity contribution is -0.140. The zero-order valence-corrected chi connectivity index (χ0v) is 20.8. The standard InChI is InChI=1S/C25H22F2O9S/c1-31-18-8-14(23(33-3)25-24(18)34-11-35-25)15(9-20(29)32-2)22-21(30)17(28)7-13(36-22)10-37-19-5-4-12(26)6-16(19)27/h4-8,15,30H,9-11H2,1-3H3. The number of hydrogen-bond acceptors (Lipinski definition) is 10. The van der Waals surface area contributed by atoms with Gasteiger partial charge in [-0.3, -0.25) is 9.59 Å². The molecule has 1 aliphatic heterocycles. The number of carbonyl (C=O) groups is 1. The predicted molar refractivity (Wildman–Crippen MR) is 127 cm³/mol. The summed E-state index contributed by atoms with van der Waals surface area (Å²) in [6.07, 6.45) is -0.352. The molecule has 0 fully saturated rings. The van der Waals surface area contributed by atoms with Crippen LogP contribution in [0.25, 0.3) is 0 Å². The first kappa shape index (κ1) is 26.1. The number of fused-ring (bicyclic) bond motifs is 1. The van der Waals surface area contributed by atoms with E-state index in [0.29, 0.717) is 5.56 Å². The lowest BCUT2D eigenvalue weighted by atomic mass is 9.90. The fraction of sp³-hybridized carbons (Fsp3) is 0.280. The Bertz CT molecular complexity index is 1390. The summed E-state index contributed by atoms with van der Waals surface area (Å²) in [4.78, 5) is 25.2. The second-order valence-electron chi connectivity index (χ2n) is 7.75. The van der Waals surface area contributed by atoms with Crippen molar-refractivity contribution < 1.29 is 46.8 Å². The molecule has 0 aliphatic carbocycles. The first-order valence-electron chi connectivity index (χ1n) is 10.8. The summed E-state index contributed by atoms with van der Waals surface area (Å²) in [5.74, 6) is -3.22. The number of rotatable bonds is 9. The van der Waals surface area contributed by atoms with E-state index in [9.17, 15) is 23.5 Å². The van der Waals surface area contributed by atoms with Crippen molar-refractivity contribution >= 4 is 17.7 Å². The van der Waals surface area contributed by atoms with Gasteiger partial charge in [0.05, 0.1) is 39.4 Å². The Kier molecular flexibility index (Phi) is 7.77. The van der Waals surface area contributed by atoms with Crippen LogP contribution in [0, 0.1) is 11.6 Å². The number of halogens is 2. The molecule has 37 heavy (non-hydrogen) atoms. The van der Waals surface area contributed by atoms with Gasteiger partial charge in [0.2, 0.25) is 29.5 Å². The molecule has 2 aromatic carbocycles. The fourth-order valence-corrected chi connectivity index (χ4v) is 4.65. The summed E-state index contributed by atoms with van der Waals surface area (Å²) in [6, 6.07) is 5.69. The average Bonchev–Trinajstić information content (AvgIpc) is 3.37. The van der Waals surface area contributed by atoms with Crippen LogP contribution in [-0.2, 0) is 15.3 Å². The van der Waals surface area contributed by atoms with Crippen molar-refractivity contribution in [3.8, 4) is 28.7 Å². The zero-order chi connectivity index (χ0) is 26.7. The topological polar surface area (TPSA) is 114 Å². The van der Waals surface area contributed by atoms with Gasteiger partial charge in [-0.25, -0.2) is 8.78 Å². The van der Waals surface area contributed by atoms with Gasteiger partial charge in [-0.15, -0.1) is 11.8 Å². The van der Waals surface area contributed by atoms with Crippen LogP contribution < -0.4 is 24.4 Å². The van der Waals surface area contributed by atoms with E-state index in [1.807, 2.05) is 0 Å². The highest BCUT2D eigenvalue weighted by Gasteiger charge is 2.35. The lowest BCUT2D eigenvalue weighted by Gasteiger charge is -2.21. The predicted octanol–water partition coefficient (Wildman–Crippen LogP) is 4.36. The first-order chi connectivity index (χ1) is 17.8. The summed E-state index contributed by atoms with van der Waals surface area (Å²) in [5, 5.41) is 10.7. The van der Waals surface area contributed by atoms with Crippen LogP contribution in [-0.4, -0.2) is 39.2 Å². The summed E-state index contributed by atoms with van der Waals surface area (Å²) in [5.41, 5.74) is -0.486. The SMILES string of the molecule is COC(=O)CC(c1cc(OC)c2c(c1OC)OCO2)c1oc(CSc2ccc(F)cc2F)cc(=O)c1O. The Labute approximate surface area is 213 Å². The molecule has 1 aliphatic rings. The highest BCUT2D eigenvalue weighted by atomic mass is 32.2. The van der Waals surface area contributed by atoms with Gasteiger partial charge in [-0.2, -0.15) is 0 Å². The minimum Gasteiger partial charge on any atom is -0.502 e. The Balaban J connectivity index is 1.81. The van der Waals surface area contributed by atoms with E-state index in [-0.39, 0.29) is 58.4 Å². The summed E-state index contributed by atoms with van der Waals surface area (Å²) >= 11 is 0.959. The Morgan fingerprint density at radius 2 is 1.86 bits per heavy atom. The van der Waals surface area contributed by atoms with E-state index in [1.54, 1.807) is 0 Å². The number of methoxy groups -OCH3 is 3. The normalized spacial score (nSPS) is 12.8. The molecule has 0 radical (unpaired) electrons. The highest BCUT2D eigenvalue weighted by molar-refractivity contribution is 7.98. The second kappa shape index (κ2) is 11.0. The van der Waals surface area contributed by atoms with E-state index in [1.165, 1.54) is 33.5 Å². The molecule has 9 nitrogen and oxygen atoms in total. The van der Waals surface area contributed by atoms with Crippen molar-refractivity contribution in [3.05, 3.63) is 69.3 Å². The smallest absolute Gasteiger partial charge is 0.306 e. The molecule has 0 amide bonds. The van der Waals surface area contributed by atoms with Crippen LogP contribution in [0.5, 0.6) is 28.7 Å². The van der Waals surface area contributed by atoms with Crippen LogP contribution in [0.3, 0.4) is 0 Å². The summed E-state index contributed by atoms with van der Waals surface area (Å²) in [6.45, 7) is -0.0971. The third-order valence-corrected chi connectivity index (χ3v) is 6.64. The molecular weight excluding hydrogens is 514 g/mol. The molecule has 1 unspecified atom stereocenters. The zero-order valence-electron chi connectivity index (χ0n) is 20.0. The molecule has 0 saturated heterocycles. The van der Waals surface area contributed by atoms with Crippen LogP contribution in [0.4, 0.5) is 8.78 Å². The van der Waals surface area contributed by atoms with Gasteiger partial charge in [0.1, 0.15) is 17.4 Å². The number of hydrogen-bond donors (Lipinski definition) is 1. The third kappa shape index (κ3) is 5.29. The first-order valence-corrected chi connectivity index (χ1v) is 11.8. The van der Waals surface area contributed by atoms with Crippen molar-refractivity contribution in [2.24, 2.45) is 0 Å². The van der Waals surface area contributed by atoms with E-state index in [2.05, 4.69) is 0 Å². The van der Waals surface area contributed by atoms with Gasteiger partial charge < -0.3 is 33.2 Å². The molecule has 0 spiro atoms. The number of ether oxygens (including phenoxy) is 5. The molecule has 3 aromatic rings. The molecule has 2 heterocycles. The van der Waals surface area contributed by atoms with E-state index >= 15 is 0 Å².